The molecule has 1 aromatic rings. The van der Waals surface area contributed by atoms with E-state index in [0.717, 1.165) is 4.90 Å². The van der Waals surface area contributed by atoms with Crippen LogP contribution in [0.5, 0.6) is 0 Å². The molecule has 1 N–H and O–H groups in total. The van der Waals surface area contributed by atoms with Gasteiger partial charge in [-0.3, -0.25) is 9.59 Å². The van der Waals surface area contributed by atoms with E-state index in [2.05, 4.69) is 0 Å². The lowest BCUT2D eigenvalue weighted by Crippen LogP contribution is -2.43. The van der Waals surface area contributed by atoms with E-state index >= 15 is 0 Å². The molecule has 0 aliphatic carbocycles. The molecule has 0 unspecified atom stereocenters. The summed E-state index contributed by atoms with van der Waals surface area (Å²) in [6, 6.07) is 8.29. The van der Waals surface area contributed by atoms with Crippen molar-refractivity contribution in [2.45, 2.75) is 11.7 Å². The van der Waals surface area contributed by atoms with Gasteiger partial charge >= 0.3 is 0 Å². The number of rotatable bonds is 2. The summed E-state index contributed by atoms with van der Waals surface area (Å²) in [6.45, 7) is -0.332. The number of carbonyl (C=O) groups excluding carboxylic acids is 2. The molecule has 3 heterocycles. The Kier molecular flexibility index (Phi) is 2.55. The number of benzene rings is 1. The van der Waals surface area contributed by atoms with Gasteiger partial charge in [0.1, 0.15) is 5.60 Å². The summed E-state index contributed by atoms with van der Waals surface area (Å²) in [6.07, 6.45) is 2.97. The van der Waals surface area contributed by atoms with Crippen molar-refractivity contribution in [3.05, 3.63) is 42.0 Å². The van der Waals surface area contributed by atoms with Gasteiger partial charge in [-0.05, 0) is 24.3 Å². The number of ether oxygens (including phenoxy) is 1. The topological polar surface area (TPSA) is 90.6 Å². The molecule has 6 heteroatoms. The van der Waals surface area contributed by atoms with Crippen LogP contribution in [0.15, 0.2) is 36.4 Å². The van der Waals surface area contributed by atoms with E-state index in [1.807, 2.05) is 6.07 Å². The SMILES string of the molecule is N#Cc1ccc(N2C(=O)[C@@H]3[C@@H]4C=C[C@@](CO)(O4)[C@@H]3C2=O)cc1. The highest BCUT2D eigenvalue weighted by atomic mass is 16.5. The highest BCUT2D eigenvalue weighted by molar-refractivity contribution is 6.23. The molecule has 2 saturated heterocycles. The third-order valence-corrected chi connectivity index (χ3v) is 4.66. The second-order valence-corrected chi connectivity index (χ2v) is 5.73. The van der Waals surface area contributed by atoms with Gasteiger partial charge in [0.25, 0.3) is 0 Å². The Morgan fingerprint density at radius 2 is 2.00 bits per heavy atom. The minimum atomic E-state index is -1.08. The molecule has 2 fully saturated rings. The lowest BCUT2D eigenvalue weighted by molar-refractivity contribution is -0.128. The third kappa shape index (κ3) is 1.44. The molecule has 4 atom stereocenters. The van der Waals surface area contributed by atoms with Crippen LogP contribution in [0.1, 0.15) is 5.56 Å². The Bertz CT molecular complexity index is 748. The number of hydrogen-bond donors (Lipinski definition) is 1. The van der Waals surface area contributed by atoms with Gasteiger partial charge in [-0.2, -0.15) is 5.26 Å². The van der Waals surface area contributed by atoms with E-state index in [4.69, 9.17) is 10.00 Å². The van der Waals surface area contributed by atoms with Gasteiger partial charge in [0, 0.05) is 0 Å². The van der Waals surface area contributed by atoms with E-state index in [1.54, 1.807) is 36.4 Å². The summed E-state index contributed by atoms with van der Waals surface area (Å²) in [5.74, 6) is -1.94. The predicted molar refractivity (Wildman–Crippen MR) is 74.5 cm³/mol. The number of nitrogens with zero attached hydrogens (tertiary/aromatic N) is 2. The Morgan fingerprint density at radius 3 is 2.64 bits per heavy atom. The van der Waals surface area contributed by atoms with Crippen molar-refractivity contribution in [1.82, 2.24) is 0 Å². The Hall–Kier alpha value is -2.49. The van der Waals surface area contributed by atoms with Gasteiger partial charge in [0.15, 0.2) is 0 Å². The number of aliphatic hydroxyl groups excluding tert-OH is 1. The molecule has 3 aliphatic rings. The van der Waals surface area contributed by atoms with E-state index in [0.29, 0.717) is 11.3 Å². The van der Waals surface area contributed by atoms with Gasteiger partial charge in [0.2, 0.25) is 11.8 Å². The first-order chi connectivity index (χ1) is 10.6. The van der Waals surface area contributed by atoms with Gasteiger partial charge < -0.3 is 9.84 Å². The van der Waals surface area contributed by atoms with Gasteiger partial charge in [-0.15, -0.1) is 0 Å². The second-order valence-electron chi connectivity index (χ2n) is 5.73. The monoisotopic (exact) mass is 296 g/mol. The maximum absolute atomic E-state index is 12.7. The minimum absolute atomic E-state index is 0.315. The molecule has 1 aromatic carbocycles. The number of anilines is 1. The molecule has 2 bridgehead atoms. The van der Waals surface area contributed by atoms with Crippen LogP contribution in [0.25, 0.3) is 0 Å². The van der Waals surface area contributed by atoms with Gasteiger partial charge in [-0.1, -0.05) is 12.2 Å². The van der Waals surface area contributed by atoms with E-state index in [1.165, 1.54) is 0 Å². The lowest BCUT2D eigenvalue weighted by Gasteiger charge is -2.26. The average Bonchev–Trinajstić information content (AvgIpc) is 3.19. The van der Waals surface area contributed by atoms with Gasteiger partial charge in [0.05, 0.1) is 41.9 Å². The molecule has 3 aliphatic heterocycles. The zero-order valence-electron chi connectivity index (χ0n) is 11.5. The summed E-state index contributed by atoms with van der Waals surface area (Å²) >= 11 is 0. The average molecular weight is 296 g/mol. The molecule has 0 saturated carbocycles. The second kappa shape index (κ2) is 4.26. The fourth-order valence-electron chi connectivity index (χ4n) is 3.62. The van der Waals surface area contributed by atoms with Crippen LogP contribution < -0.4 is 4.90 Å². The fourth-order valence-corrected chi connectivity index (χ4v) is 3.62. The molecule has 22 heavy (non-hydrogen) atoms. The van der Waals surface area contributed by atoms with Crippen LogP contribution in [0.4, 0.5) is 5.69 Å². The summed E-state index contributed by atoms with van der Waals surface area (Å²) < 4.78 is 5.67. The van der Waals surface area contributed by atoms with Crippen molar-refractivity contribution < 1.29 is 19.4 Å². The summed E-state index contributed by atoms with van der Waals surface area (Å²) in [7, 11) is 0. The normalized spacial score (nSPS) is 35.1. The number of imide groups is 1. The number of fused-ring (bicyclic) bond motifs is 5. The van der Waals surface area contributed by atoms with Crippen LogP contribution in [-0.2, 0) is 14.3 Å². The van der Waals surface area contributed by atoms with Crippen LogP contribution >= 0.6 is 0 Å². The Labute approximate surface area is 126 Å². The smallest absolute Gasteiger partial charge is 0.241 e. The van der Waals surface area contributed by atoms with Gasteiger partial charge in [-0.25, -0.2) is 4.90 Å². The van der Waals surface area contributed by atoms with E-state index in [-0.39, 0.29) is 18.4 Å². The third-order valence-electron chi connectivity index (χ3n) is 4.66. The number of carbonyl (C=O) groups is 2. The fraction of sp³-hybridized carbons (Fsp3) is 0.312. The largest absolute Gasteiger partial charge is 0.393 e. The van der Waals surface area contributed by atoms with Crippen molar-refractivity contribution >= 4 is 17.5 Å². The minimum Gasteiger partial charge on any atom is -0.393 e. The highest BCUT2D eigenvalue weighted by Crippen LogP contribution is 2.52. The molecule has 0 radical (unpaired) electrons. The van der Waals surface area contributed by atoms with Crippen LogP contribution in [0, 0.1) is 23.2 Å². The van der Waals surface area contributed by atoms with E-state index in [9.17, 15) is 14.7 Å². The maximum Gasteiger partial charge on any atom is 0.241 e. The quantitative estimate of drug-likeness (QED) is 0.628. The number of nitriles is 1. The molecule has 6 nitrogen and oxygen atoms in total. The van der Waals surface area contributed by atoms with Crippen molar-refractivity contribution in [3.8, 4) is 6.07 Å². The lowest BCUT2D eigenvalue weighted by atomic mass is 9.77. The summed E-state index contributed by atoms with van der Waals surface area (Å²) in [5, 5.41) is 18.4. The zero-order chi connectivity index (χ0) is 15.5. The van der Waals surface area contributed by atoms with Crippen molar-refractivity contribution in [2.75, 3.05) is 11.5 Å². The van der Waals surface area contributed by atoms with Crippen LogP contribution in [-0.4, -0.2) is 35.2 Å². The predicted octanol–water partition coefficient (Wildman–Crippen LogP) is 0.364. The number of aliphatic hydroxyl groups is 1. The first kappa shape index (κ1) is 13.2. The first-order valence-corrected chi connectivity index (χ1v) is 6.97. The molecule has 0 aromatic heterocycles. The Morgan fingerprint density at radius 1 is 1.27 bits per heavy atom. The highest BCUT2D eigenvalue weighted by Gasteiger charge is 2.67. The number of amides is 2. The molecule has 0 spiro atoms. The molecule has 2 amide bonds. The van der Waals surface area contributed by atoms with Crippen LogP contribution in [0.3, 0.4) is 0 Å². The molecule has 4 rings (SSSR count). The van der Waals surface area contributed by atoms with E-state index < -0.39 is 23.5 Å². The maximum atomic E-state index is 12.7. The van der Waals surface area contributed by atoms with Crippen molar-refractivity contribution in [3.63, 3.8) is 0 Å². The number of hydrogen-bond acceptors (Lipinski definition) is 5. The standard InChI is InChI=1S/C16H12N2O4/c17-7-9-1-3-10(4-2-9)18-14(20)12-11-5-6-16(8-19,22-11)13(12)15(18)21/h1-6,11-13,19H,8H2/t11-,12+,13-,16-/m0/s1. The first-order valence-electron chi connectivity index (χ1n) is 6.97. The zero-order valence-corrected chi connectivity index (χ0v) is 11.5. The Balaban J connectivity index is 1.74. The molecular formula is C16H12N2O4. The van der Waals surface area contributed by atoms with Crippen molar-refractivity contribution in [2.24, 2.45) is 11.8 Å². The summed E-state index contributed by atoms with van der Waals surface area (Å²) in [4.78, 5) is 26.5. The van der Waals surface area contributed by atoms with Crippen molar-refractivity contribution in [1.29, 1.82) is 5.26 Å². The van der Waals surface area contributed by atoms with Crippen LogP contribution in [0.2, 0.25) is 0 Å². The molecule has 110 valence electrons. The summed E-state index contributed by atoms with van der Waals surface area (Å²) in [5.41, 5.74) is -0.181. The molecular weight excluding hydrogens is 284 g/mol.